The highest BCUT2D eigenvalue weighted by Crippen LogP contribution is 2.16. The van der Waals surface area contributed by atoms with Crippen molar-refractivity contribution in [3.63, 3.8) is 0 Å². The van der Waals surface area contributed by atoms with Crippen LogP contribution >= 0.6 is 15.9 Å². The van der Waals surface area contributed by atoms with Crippen molar-refractivity contribution in [2.75, 3.05) is 7.05 Å². The minimum Gasteiger partial charge on any atom is -0.376 e. The highest BCUT2D eigenvalue weighted by atomic mass is 79.9. The zero-order valence-corrected chi connectivity index (χ0v) is 8.69. The largest absolute Gasteiger partial charge is 0.376 e. The van der Waals surface area contributed by atoms with Gasteiger partial charge >= 0.3 is 0 Å². The van der Waals surface area contributed by atoms with E-state index in [1.54, 1.807) is 0 Å². The van der Waals surface area contributed by atoms with Gasteiger partial charge in [-0.2, -0.15) is 0 Å². The van der Waals surface area contributed by atoms with Gasteiger partial charge in [0, 0.05) is 9.59 Å². The molecule has 0 aliphatic rings. The maximum absolute atomic E-state index is 10.6. The summed E-state index contributed by atoms with van der Waals surface area (Å²) >= 11 is 3.34. The molecular weight excluding hydrogens is 236 g/mol. The van der Waals surface area contributed by atoms with E-state index in [4.69, 9.17) is 4.84 Å². The number of halogens is 1. The molecule has 0 saturated carbocycles. The Morgan fingerprint density at radius 2 is 2.23 bits per heavy atom. The molecule has 0 amide bonds. The molecule has 4 nitrogen and oxygen atoms in total. The van der Waals surface area contributed by atoms with Crippen molar-refractivity contribution >= 4 is 15.9 Å². The summed E-state index contributed by atoms with van der Waals surface area (Å²) in [6, 6.07) is 7.53. The monoisotopic (exact) mass is 244 g/mol. The summed E-state index contributed by atoms with van der Waals surface area (Å²) in [7, 11) is 1.37. The van der Waals surface area contributed by atoms with Crippen molar-refractivity contribution in [3.05, 3.63) is 39.5 Å². The van der Waals surface area contributed by atoms with Gasteiger partial charge in [0.1, 0.15) is 0 Å². The van der Waals surface area contributed by atoms with Crippen LogP contribution in [-0.4, -0.2) is 12.1 Å². The molecule has 0 saturated heterocycles. The van der Waals surface area contributed by atoms with Gasteiger partial charge in [0.2, 0.25) is 0 Å². The third-order valence-electron chi connectivity index (χ3n) is 1.45. The normalized spacial score (nSPS) is 11.4. The van der Waals surface area contributed by atoms with Crippen molar-refractivity contribution in [1.82, 2.24) is 0 Å². The molecule has 0 N–H and O–H groups in total. The van der Waals surface area contributed by atoms with Crippen LogP contribution in [-0.2, 0) is 11.4 Å². The van der Waals surface area contributed by atoms with Crippen LogP contribution in [0.15, 0.2) is 33.9 Å². The summed E-state index contributed by atoms with van der Waals surface area (Å²) in [5, 5.41) is 14.1. The number of hydrogen-bond acceptors (Lipinski definition) is 3. The van der Waals surface area contributed by atoms with Crippen molar-refractivity contribution in [1.29, 1.82) is 0 Å². The van der Waals surface area contributed by atoms with E-state index in [1.165, 1.54) is 7.05 Å². The van der Waals surface area contributed by atoms with Crippen molar-refractivity contribution in [2.45, 2.75) is 6.61 Å². The molecule has 1 aromatic carbocycles. The number of hydrogen-bond donors (Lipinski definition) is 0. The van der Waals surface area contributed by atoms with E-state index in [1.807, 2.05) is 24.3 Å². The molecule has 0 unspecified atom stereocenters. The van der Waals surface area contributed by atoms with Crippen LogP contribution < -0.4 is 0 Å². The standard InChI is InChI=1S/C8H9BrN2O2/c1-10-11(12)13-6-7-4-2-3-5-8(7)9/h2-5H,6H2,1H3. The predicted molar refractivity (Wildman–Crippen MR) is 50.9 cm³/mol. The summed E-state index contributed by atoms with van der Waals surface area (Å²) in [5.41, 5.74) is 0.909. The Kier molecular flexibility index (Phi) is 3.70. The molecule has 0 aromatic heterocycles. The highest BCUT2D eigenvalue weighted by molar-refractivity contribution is 9.10. The quantitative estimate of drug-likeness (QED) is 0.606. The zero-order chi connectivity index (χ0) is 9.68. The molecule has 0 heterocycles. The van der Waals surface area contributed by atoms with Gasteiger partial charge in [-0.3, -0.25) is 0 Å². The molecule has 13 heavy (non-hydrogen) atoms. The van der Waals surface area contributed by atoms with Gasteiger partial charge in [0.05, 0.1) is 13.7 Å². The average molecular weight is 245 g/mol. The molecule has 0 fully saturated rings. The first-order chi connectivity index (χ1) is 6.24. The first-order valence-corrected chi connectivity index (χ1v) is 4.46. The maximum Gasteiger partial charge on any atom is 0.168 e. The molecule has 0 atom stereocenters. The lowest BCUT2D eigenvalue weighted by atomic mass is 10.2. The van der Waals surface area contributed by atoms with Crippen molar-refractivity contribution in [3.8, 4) is 0 Å². The van der Waals surface area contributed by atoms with Crippen LogP contribution in [0.25, 0.3) is 0 Å². The van der Waals surface area contributed by atoms with E-state index in [0.717, 1.165) is 10.0 Å². The second kappa shape index (κ2) is 4.81. The van der Waals surface area contributed by atoms with Gasteiger partial charge in [-0.1, -0.05) is 34.1 Å². The number of rotatable bonds is 3. The summed E-state index contributed by atoms with van der Waals surface area (Å²) in [6.45, 7) is 0.211. The average Bonchev–Trinajstić information content (AvgIpc) is 2.16. The van der Waals surface area contributed by atoms with Gasteiger partial charge in [0.15, 0.2) is 5.02 Å². The first-order valence-electron chi connectivity index (χ1n) is 3.67. The first kappa shape index (κ1) is 9.98. The molecule has 0 radical (unpaired) electrons. The Morgan fingerprint density at radius 1 is 1.54 bits per heavy atom. The van der Waals surface area contributed by atoms with Crippen molar-refractivity contribution < 1.29 is 9.86 Å². The molecule has 1 rings (SSSR count). The third kappa shape index (κ3) is 3.02. The summed E-state index contributed by atoms with van der Waals surface area (Å²) in [4.78, 5) is 4.74. The smallest absolute Gasteiger partial charge is 0.168 e. The summed E-state index contributed by atoms with van der Waals surface area (Å²) in [6.07, 6.45) is 0. The van der Waals surface area contributed by atoms with Gasteiger partial charge in [-0.05, 0) is 11.6 Å². The van der Waals surface area contributed by atoms with E-state index < -0.39 is 0 Å². The number of nitrogens with zero attached hydrogens (tertiary/aromatic N) is 2. The van der Waals surface area contributed by atoms with Crippen LogP contribution in [0, 0.1) is 5.21 Å². The highest BCUT2D eigenvalue weighted by Gasteiger charge is 1.98. The maximum atomic E-state index is 10.6. The molecular formula is C8H9BrN2O2. The Hall–Kier alpha value is -1.10. The minimum absolute atomic E-state index is 0.194. The Morgan fingerprint density at radius 3 is 2.85 bits per heavy atom. The number of benzene rings is 1. The Labute approximate surface area is 84.5 Å². The van der Waals surface area contributed by atoms with E-state index in [-0.39, 0.29) is 11.6 Å². The van der Waals surface area contributed by atoms with Crippen LogP contribution in [0.2, 0.25) is 0 Å². The predicted octanol–water partition coefficient (Wildman–Crippen LogP) is 2.47. The lowest BCUT2D eigenvalue weighted by molar-refractivity contribution is -0.794. The fraction of sp³-hybridized carbons (Fsp3) is 0.250. The van der Waals surface area contributed by atoms with Gasteiger partial charge in [-0.15, -0.1) is 0 Å². The third-order valence-corrected chi connectivity index (χ3v) is 2.23. The lowest BCUT2D eigenvalue weighted by Gasteiger charge is -2.04. The van der Waals surface area contributed by atoms with Gasteiger partial charge < -0.3 is 4.84 Å². The second-order valence-corrected chi connectivity index (χ2v) is 3.16. The van der Waals surface area contributed by atoms with E-state index >= 15 is 0 Å². The van der Waals surface area contributed by atoms with Crippen molar-refractivity contribution in [2.24, 2.45) is 5.11 Å². The second-order valence-electron chi connectivity index (χ2n) is 2.30. The zero-order valence-electron chi connectivity index (χ0n) is 7.11. The molecule has 0 aliphatic heterocycles. The molecule has 5 heteroatoms. The Bertz CT molecular complexity index is 315. The van der Waals surface area contributed by atoms with E-state index in [2.05, 4.69) is 21.0 Å². The molecule has 1 aromatic rings. The fourth-order valence-corrected chi connectivity index (χ4v) is 1.20. The molecule has 0 spiro atoms. The molecule has 0 bridgehead atoms. The molecule has 0 aliphatic carbocycles. The fourth-order valence-electron chi connectivity index (χ4n) is 0.798. The van der Waals surface area contributed by atoms with Crippen LogP contribution in [0.3, 0.4) is 0 Å². The lowest BCUT2D eigenvalue weighted by Crippen LogP contribution is -2.02. The van der Waals surface area contributed by atoms with E-state index in [9.17, 15) is 5.21 Å². The topological polar surface area (TPSA) is 47.7 Å². The van der Waals surface area contributed by atoms with Crippen LogP contribution in [0.1, 0.15) is 5.56 Å². The molecule has 70 valence electrons. The summed E-state index contributed by atoms with van der Waals surface area (Å²) < 4.78 is 0.916. The summed E-state index contributed by atoms with van der Waals surface area (Å²) in [5.74, 6) is 0. The minimum atomic E-state index is 0.194. The Balaban J connectivity index is 2.60. The van der Waals surface area contributed by atoms with Crippen LogP contribution in [0.5, 0.6) is 0 Å². The SMILES string of the molecule is CN=[N+]([O-])OCc1ccccc1Br. The van der Waals surface area contributed by atoms with Gasteiger partial charge in [-0.25, -0.2) is 5.21 Å². The van der Waals surface area contributed by atoms with Crippen LogP contribution in [0.4, 0.5) is 0 Å². The van der Waals surface area contributed by atoms with Gasteiger partial charge in [0.25, 0.3) is 0 Å². The van der Waals surface area contributed by atoms with E-state index in [0.29, 0.717) is 0 Å².